The van der Waals surface area contributed by atoms with Crippen LogP contribution in [-0.2, 0) is 0 Å². The molecule has 1 aromatic carbocycles. The fourth-order valence-electron chi connectivity index (χ4n) is 4.18. The number of nitrogens with one attached hydrogen (secondary N) is 2. The van der Waals surface area contributed by atoms with Gasteiger partial charge in [0.2, 0.25) is 0 Å². The van der Waals surface area contributed by atoms with Crippen molar-refractivity contribution in [2.75, 3.05) is 50.7 Å². The number of likely N-dealkylation sites (tertiary alicyclic amines) is 1. The molecule has 2 N–H and O–H groups in total. The second-order valence-electron chi connectivity index (χ2n) is 8.12. The fourth-order valence-corrected chi connectivity index (χ4v) is 4.18. The number of benzene rings is 1. The van der Waals surface area contributed by atoms with Gasteiger partial charge in [0, 0.05) is 38.4 Å². The molecule has 3 rings (SSSR count). The number of carbonyl (C=O) groups is 1. The van der Waals surface area contributed by atoms with E-state index in [1.165, 1.54) is 38.1 Å². The van der Waals surface area contributed by atoms with Gasteiger partial charge in [-0.05, 0) is 74.9 Å². The molecule has 0 radical (unpaired) electrons. The highest BCUT2D eigenvalue weighted by molar-refractivity contribution is 5.73. The number of rotatable bonds is 7. The van der Waals surface area contributed by atoms with E-state index < -0.39 is 0 Å². The topological polar surface area (TPSA) is 47.6 Å². The fraction of sp³-hybridized carbons (Fsp3) is 0.667. The summed E-state index contributed by atoms with van der Waals surface area (Å²) in [5, 5.41) is 5.98. The summed E-state index contributed by atoms with van der Waals surface area (Å²) in [6, 6.07) is 6.57. The largest absolute Gasteiger partial charge is 0.371 e. The first-order valence-electron chi connectivity index (χ1n) is 10.3. The highest BCUT2D eigenvalue weighted by atomic mass is 19.1. The van der Waals surface area contributed by atoms with Crippen LogP contribution in [0, 0.1) is 17.7 Å². The Morgan fingerprint density at radius 1 is 1.15 bits per heavy atom. The summed E-state index contributed by atoms with van der Waals surface area (Å²) >= 11 is 0. The van der Waals surface area contributed by atoms with Crippen molar-refractivity contribution in [2.24, 2.45) is 11.8 Å². The number of halogens is 1. The minimum Gasteiger partial charge on any atom is -0.371 e. The zero-order valence-electron chi connectivity index (χ0n) is 16.4. The maximum atomic E-state index is 13.0. The Kier molecular flexibility index (Phi) is 7.33. The van der Waals surface area contributed by atoms with Crippen LogP contribution in [-0.4, -0.2) is 56.7 Å². The standard InChI is InChI=1S/C21H33FN4O/c1-17-4-2-11-25(15-17)12-3-10-23-21(27)24-14-18-9-13-26(16-18)20-7-5-19(22)6-8-20/h5-8,17-18H,2-4,9-16H2,1H3,(H2,23,24,27). The lowest BCUT2D eigenvalue weighted by Crippen LogP contribution is -2.40. The van der Waals surface area contributed by atoms with Crippen LogP contribution in [0.5, 0.6) is 0 Å². The lowest BCUT2D eigenvalue weighted by molar-refractivity contribution is 0.181. The molecule has 2 aliphatic heterocycles. The van der Waals surface area contributed by atoms with Crippen molar-refractivity contribution in [3.8, 4) is 0 Å². The Balaban J connectivity index is 1.26. The van der Waals surface area contributed by atoms with E-state index in [0.717, 1.165) is 50.6 Å². The van der Waals surface area contributed by atoms with Crippen LogP contribution in [0.3, 0.4) is 0 Å². The quantitative estimate of drug-likeness (QED) is 0.719. The molecule has 1 aromatic rings. The normalized spacial score (nSPS) is 23.4. The minimum atomic E-state index is -0.206. The number of amides is 2. The Hall–Kier alpha value is -1.82. The van der Waals surface area contributed by atoms with Gasteiger partial charge < -0.3 is 20.4 Å². The van der Waals surface area contributed by atoms with Crippen molar-refractivity contribution in [1.29, 1.82) is 0 Å². The van der Waals surface area contributed by atoms with Crippen LogP contribution in [0.25, 0.3) is 0 Å². The molecule has 2 unspecified atom stereocenters. The highest BCUT2D eigenvalue weighted by Gasteiger charge is 2.23. The summed E-state index contributed by atoms with van der Waals surface area (Å²) in [4.78, 5) is 16.8. The Bertz CT molecular complexity index is 594. The number of nitrogens with zero attached hydrogens (tertiary/aromatic N) is 2. The van der Waals surface area contributed by atoms with Gasteiger partial charge in [0.15, 0.2) is 0 Å². The molecule has 5 nitrogen and oxygen atoms in total. The van der Waals surface area contributed by atoms with Crippen molar-refractivity contribution < 1.29 is 9.18 Å². The lowest BCUT2D eigenvalue weighted by Gasteiger charge is -2.30. The number of hydrogen-bond donors (Lipinski definition) is 2. The van der Waals surface area contributed by atoms with Gasteiger partial charge in [-0.1, -0.05) is 6.92 Å². The molecule has 2 heterocycles. The minimum absolute atomic E-state index is 0.0674. The smallest absolute Gasteiger partial charge is 0.314 e. The van der Waals surface area contributed by atoms with Gasteiger partial charge in [0.25, 0.3) is 0 Å². The average molecular weight is 377 g/mol. The molecule has 2 amide bonds. The Labute approximate surface area is 162 Å². The van der Waals surface area contributed by atoms with Crippen LogP contribution in [0.1, 0.15) is 32.6 Å². The number of piperidine rings is 1. The molecular weight excluding hydrogens is 343 g/mol. The molecular formula is C21H33FN4O. The van der Waals surface area contributed by atoms with Crippen molar-refractivity contribution >= 4 is 11.7 Å². The Morgan fingerprint density at radius 2 is 1.96 bits per heavy atom. The molecule has 150 valence electrons. The van der Waals surface area contributed by atoms with Crippen molar-refractivity contribution in [3.05, 3.63) is 30.1 Å². The maximum Gasteiger partial charge on any atom is 0.314 e. The van der Waals surface area contributed by atoms with Crippen LogP contribution < -0.4 is 15.5 Å². The van der Waals surface area contributed by atoms with E-state index in [-0.39, 0.29) is 11.8 Å². The van der Waals surface area contributed by atoms with Gasteiger partial charge in [-0.2, -0.15) is 0 Å². The second-order valence-corrected chi connectivity index (χ2v) is 8.12. The Morgan fingerprint density at radius 3 is 2.74 bits per heavy atom. The molecule has 2 saturated heterocycles. The molecule has 0 aliphatic carbocycles. The van der Waals surface area contributed by atoms with E-state index in [1.807, 2.05) is 12.1 Å². The predicted octanol–water partition coefficient (Wildman–Crippen LogP) is 3.07. The van der Waals surface area contributed by atoms with Crippen molar-refractivity contribution in [1.82, 2.24) is 15.5 Å². The first-order chi connectivity index (χ1) is 13.1. The summed E-state index contributed by atoms with van der Waals surface area (Å²) in [6.45, 7) is 9.04. The number of anilines is 1. The molecule has 0 spiro atoms. The SMILES string of the molecule is CC1CCCN(CCCNC(=O)NCC2CCN(c3ccc(F)cc3)C2)C1. The van der Waals surface area contributed by atoms with Crippen LogP contribution in [0.2, 0.25) is 0 Å². The molecule has 0 aromatic heterocycles. The zero-order chi connectivity index (χ0) is 19.1. The highest BCUT2D eigenvalue weighted by Crippen LogP contribution is 2.23. The predicted molar refractivity (Wildman–Crippen MR) is 108 cm³/mol. The molecule has 0 bridgehead atoms. The third kappa shape index (κ3) is 6.38. The van der Waals surface area contributed by atoms with Crippen LogP contribution in [0.4, 0.5) is 14.9 Å². The van der Waals surface area contributed by atoms with Crippen molar-refractivity contribution in [3.63, 3.8) is 0 Å². The van der Waals surface area contributed by atoms with Crippen LogP contribution >= 0.6 is 0 Å². The van der Waals surface area contributed by atoms with E-state index in [1.54, 1.807) is 0 Å². The van der Waals surface area contributed by atoms with E-state index in [4.69, 9.17) is 0 Å². The van der Waals surface area contributed by atoms with Gasteiger partial charge in [-0.3, -0.25) is 0 Å². The lowest BCUT2D eigenvalue weighted by atomic mass is 10.0. The second kappa shape index (κ2) is 9.93. The van der Waals surface area contributed by atoms with Gasteiger partial charge in [-0.15, -0.1) is 0 Å². The van der Waals surface area contributed by atoms with E-state index in [2.05, 4.69) is 27.4 Å². The number of urea groups is 1. The summed E-state index contributed by atoms with van der Waals surface area (Å²) in [6.07, 6.45) is 4.69. The van der Waals surface area contributed by atoms with Gasteiger partial charge in [0.1, 0.15) is 5.82 Å². The monoisotopic (exact) mass is 376 g/mol. The summed E-state index contributed by atoms with van der Waals surface area (Å²) in [5.74, 6) is 1.04. The van der Waals surface area contributed by atoms with Crippen molar-refractivity contribution in [2.45, 2.75) is 32.6 Å². The summed E-state index contributed by atoms with van der Waals surface area (Å²) in [7, 11) is 0. The van der Waals surface area contributed by atoms with Gasteiger partial charge in [0.05, 0.1) is 0 Å². The maximum absolute atomic E-state index is 13.0. The van der Waals surface area contributed by atoms with Crippen LogP contribution in [0.15, 0.2) is 24.3 Å². The van der Waals surface area contributed by atoms with Gasteiger partial charge in [-0.25, -0.2) is 9.18 Å². The van der Waals surface area contributed by atoms with E-state index in [9.17, 15) is 9.18 Å². The molecule has 2 fully saturated rings. The third-order valence-electron chi connectivity index (χ3n) is 5.71. The summed E-state index contributed by atoms with van der Waals surface area (Å²) < 4.78 is 13.0. The third-order valence-corrected chi connectivity index (χ3v) is 5.71. The van der Waals surface area contributed by atoms with E-state index >= 15 is 0 Å². The zero-order valence-corrected chi connectivity index (χ0v) is 16.4. The molecule has 6 heteroatoms. The van der Waals surface area contributed by atoms with E-state index in [0.29, 0.717) is 12.5 Å². The molecule has 2 atom stereocenters. The molecule has 27 heavy (non-hydrogen) atoms. The first-order valence-corrected chi connectivity index (χ1v) is 10.3. The molecule has 0 saturated carbocycles. The molecule has 2 aliphatic rings. The number of carbonyl (C=O) groups excluding carboxylic acids is 1. The van der Waals surface area contributed by atoms with Gasteiger partial charge >= 0.3 is 6.03 Å². The number of hydrogen-bond acceptors (Lipinski definition) is 3. The first kappa shape index (κ1) is 19.9. The summed E-state index contributed by atoms with van der Waals surface area (Å²) in [5.41, 5.74) is 1.05. The average Bonchev–Trinajstić information content (AvgIpc) is 3.13.